The lowest BCUT2D eigenvalue weighted by molar-refractivity contribution is -0.206. The fraction of sp³-hybridized carbons (Fsp3) is 0.556. The Labute approximate surface area is 395 Å². The quantitative estimate of drug-likeness (QED) is 0.122. The first kappa shape index (κ1) is 45.7. The maximum atomic E-state index is 16.0. The number of ketones is 1. The van der Waals surface area contributed by atoms with Gasteiger partial charge in [-0.05, 0) is 112 Å². The summed E-state index contributed by atoms with van der Waals surface area (Å²) in [6.45, 7) is 21.6. The number of aliphatic hydroxyl groups is 1. The molecule has 6 heterocycles. The van der Waals surface area contributed by atoms with Gasteiger partial charge in [-0.3, -0.25) is 14.5 Å². The van der Waals surface area contributed by atoms with Gasteiger partial charge in [-0.15, -0.1) is 0 Å². The van der Waals surface area contributed by atoms with Crippen LogP contribution in [0.15, 0.2) is 70.3 Å². The van der Waals surface area contributed by atoms with Crippen molar-refractivity contribution in [1.82, 2.24) is 24.7 Å². The van der Waals surface area contributed by atoms with E-state index in [-0.39, 0.29) is 43.2 Å². The highest BCUT2D eigenvalue weighted by Crippen LogP contribution is 2.74. The number of nitrogens with zero attached hydrogens (tertiary/aromatic N) is 5. The summed E-state index contributed by atoms with van der Waals surface area (Å²) in [5.74, 6) is 1.07. The summed E-state index contributed by atoms with van der Waals surface area (Å²) in [5, 5.41) is 12.3. The molecule has 8 aliphatic rings. The van der Waals surface area contributed by atoms with Gasteiger partial charge in [0.25, 0.3) is 0 Å². The number of benzene rings is 2. The van der Waals surface area contributed by atoms with Crippen LogP contribution in [0.3, 0.4) is 0 Å². The molecular formula is C54H68N6O7. The van der Waals surface area contributed by atoms with Gasteiger partial charge < -0.3 is 38.8 Å². The molecule has 13 nitrogen and oxygen atoms in total. The number of hydrogen-bond acceptors (Lipinski definition) is 11. The third-order valence-electron chi connectivity index (χ3n) is 15.8. The number of allylic oxidation sites excluding steroid dienone is 4. The number of aromatic nitrogens is 2. The zero-order valence-electron chi connectivity index (χ0n) is 40.8. The van der Waals surface area contributed by atoms with Crippen LogP contribution in [0, 0.1) is 17.8 Å². The van der Waals surface area contributed by atoms with E-state index < -0.39 is 34.2 Å². The number of amides is 1. The standard InChI is InChI=1S/C54H68N6O7/c1-32(2)13-12-20-52(8)21-19-36-45(65-52)35(17-16-33(3)4)47-41(46(36)64-30-28-59-26-24-58(9)25-27-59)43-42-44(60-39-15-11-10-14-38(39)56-50(60)57-43)37-31-40-51(6,7)67-53(48(37)62,54(40,42)66-47)22-18-34(5)49(63)55-23-29-61/h10-11,13-16,18-19,21,37,40,42,44,61H,12,17,20,22-31H2,1-9H3,(H,55,63). The Hall–Kier alpha value is -5.08. The van der Waals surface area contributed by atoms with Crippen molar-refractivity contribution >= 4 is 40.5 Å². The molecule has 3 aromatic rings. The van der Waals surface area contributed by atoms with E-state index in [0.717, 1.165) is 90.3 Å². The molecule has 5 fully saturated rings. The number of ether oxygens (including phenoxy) is 4. The van der Waals surface area contributed by atoms with Crippen LogP contribution in [0.25, 0.3) is 17.1 Å². The minimum absolute atomic E-state index is 0.0256. The summed E-state index contributed by atoms with van der Waals surface area (Å²) >= 11 is 0. The molecule has 4 bridgehead atoms. The van der Waals surface area contributed by atoms with E-state index in [2.05, 4.69) is 106 Å². The Morgan fingerprint density at radius 3 is 2.51 bits per heavy atom. The Morgan fingerprint density at radius 1 is 1.00 bits per heavy atom. The highest BCUT2D eigenvalue weighted by atomic mass is 16.6. The molecule has 67 heavy (non-hydrogen) atoms. The topological polar surface area (TPSA) is 140 Å². The van der Waals surface area contributed by atoms with Crippen LogP contribution in [-0.4, -0.2) is 124 Å². The molecule has 3 saturated carbocycles. The number of nitrogens with one attached hydrogen (secondary N) is 1. The number of para-hydroxylation sites is 2. The third kappa shape index (κ3) is 7.24. The fourth-order valence-corrected chi connectivity index (χ4v) is 12.6. The minimum Gasteiger partial charge on any atom is -0.491 e. The molecule has 2 saturated heterocycles. The lowest BCUT2D eigenvalue weighted by Gasteiger charge is -2.64. The average molecular weight is 913 g/mol. The summed E-state index contributed by atoms with van der Waals surface area (Å²) < 4.78 is 32.2. The molecular weight excluding hydrogens is 845 g/mol. The van der Waals surface area contributed by atoms with Crippen molar-refractivity contribution in [3.05, 3.63) is 82.0 Å². The van der Waals surface area contributed by atoms with Gasteiger partial charge in [-0.2, -0.15) is 0 Å². The van der Waals surface area contributed by atoms with Gasteiger partial charge in [-0.1, -0.05) is 41.5 Å². The Kier molecular flexibility index (Phi) is 11.5. The predicted molar refractivity (Wildman–Crippen MR) is 261 cm³/mol. The summed E-state index contributed by atoms with van der Waals surface area (Å²) in [7, 11) is 2.17. The van der Waals surface area contributed by atoms with Gasteiger partial charge >= 0.3 is 0 Å². The van der Waals surface area contributed by atoms with Gasteiger partial charge in [0, 0.05) is 68.7 Å². The first-order chi connectivity index (χ1) is 32.0. The van der Waals surface area contributed by atoms with Crippen molar-refractivity contribution in [2.45, 2.75) is 116 Å². The molecule has 7 unspecified atom stereocenters. The van der Waals surface area contributed by atoms with Crippen LogP contribution >= 0.6 is 0 Å². The van der Waals surface area contributed by atoms with Gasteiger partial charge in [0.2, 0.25) is 11.9 Å². The number of aliphatic hydroxyl groups excluding tert-OH is 1. The Morgan fingerprint density at radius 2 is 1.76 bits per heavy atom. The van der Waals surface area contributed by atoms with Crippen LogP contribution in [-0.2, 0) is 20.7 Å². The van der Waals surface area contributed by atoms with Gasteiger partial charge in [0.1, 0.15) is 29.5 Å². The number of fused-ring (bicyclic) bond motifs is 6. The van der Waals surface area contributed by atoms with E-state index in [0.29, 0.717) is 42.5 Å². The lowest BCUT2D eigenvalue weighted by atomic mass is 9.44. The number of carbonyl (C=O) groups is 2. The zero-order chi connectivity index (χ0) is 47.2. The molecule has 5 aliphatic heterocycles. The van der Waals surface area contributed by atoms with Crippen LogP contribution < -0.4 is 19.5 Å². The third-order valence-corrected chi connectivity index (χ3v) is 15.8. The van der Waals surface area contributed by atoms with Crippen molar-refractivity contribution in [3.63, 3.8) is 0 Å². The van der Waals surface area contributed by atoms with E-state index in [9.17, 15) is 9.90 Å². The summed E-state index contributed by atoms with van der Waals surface area (Å²) in [6.07, 6.45) is 13.5. The second-order valence-corrected chi connectivity index (χ2v) is 21.3. The van der Waals surface area contributed by atoms with Gasteiger partial charge in [0.05, 0.1) is 52.0 Å². The monoisotopic (exact) mass is 913 g/mol. The zero-order valence-corrected chi connectivity index (χ0v) is 40.8. The van der Waals surface area contributed by atoms with Crippen LogP contribution in [0.1, 0.15) is 104 Å². The maximum Gasteiger partial charge on any atom is 0.246 e. The minimum atomic E-state index is -1.48. The number of piperazine rings is 1. The molecule has 356 valence electrons. The number of carbonyl (C=O) groups excluding carboxylic acids is 2. The van der Waals surface area contributed by atoms with Gasteiger partial charge in [-0.25, -0.2) is 9.98 Å². The summed E-state index contributed by atoms with van der Waals surface area (Å²) in [4.78, 5) is 45.0. The van der Waals surface area contributed by atoms with Crippen molar-refractivity contribution in [1.29, 1.82) is 0 Å². The maximum absolute atomic E-state index is 16.0. The molecule has 1 spiro atoms. The average Bonchev–Trinajstić information content (AvgIpc) is 3.73. The van der Waals surface area contributed by atoms with Crippen molar-refractivity contribution in [2.75, 3.05) is 59.5 Å². The fourth-order valence-electron chi connectivity index (χ4n) is 12.6. The molecule has 2 N–H and O–H groups in total. The number of likely N-dealkylation sites (N-methyl/N-ethyl adjacent to an activating group) is 1. The molecule has 3 aliphatic carbocycles. The first-order valence-electron chi connectivity index (χ1n) is 24.5. The Bertz CT molecular complexity index is 2680. The molecule has 1 aromatic heterocycles. The largest absolute Gasteiger partial charge is 0.491 e. The molecule has 1 amide bonds. The SMILES string of the molecule is CC(C)=CCCC1(C)C=Cc2c(c(CC=C(C)C)c3c(c2OCCN2CCN(C)CC2)C2=Nc4nc5ccccc5n4C4C5CC6C(C)(C)OC(CC=C(C)C(=O)NCCO)(C5=O)C6(O3)C24)O1. The molecule has 2 aromatic carbocycles. The van der Waals surface area contributed by atoms with Crippen LogP contribution in [0.2, 0.25) is 0 Å². The Balaban J connectivity index is 1.24. The number of Topliss-reactive ketones (excluding diaryl/α,β-unsaturated/α-hetero) is 1. The van der Waals surface area contributed by atoms with E-state index in [1.807, 2.05) is 24.3 Å². The van der Waals surface area contributed by atoms with E-state index in [4.69, 9.17) is 28.9 Å². The highest BCUT2D eigenvalue weighted by molar-refractivity contribution is 6.15. The number of hydrogen-bond donors (Lipinski definition) is 2. The van der Waals surface area contributed by atoms with E-state index in [1.165, 1.54) is 5.57 Å². The number of rotatable bonds is 14. The van der Waals surface area contributed by atoms with Crippen molar-refractivity contribution < 1.29 is 33.6 Å². The van der Waals surface area contributed by atoms with Crippen molar-refractivity contribution in [2.24, 2.45) is 22.7 Å². The lowest BCUT2D eigenvalue weighted by Crippen LogP contribution is -2.79. The second-order valence-electron chi connectivity index (χ2n) is 21.3. The number of imidazole rings is 1. The van der Waals surface area contributed by atoms with Crippen LogP contribution in [0.4, 0.5) is 5.95 Å². The molecule has 13 heteroatoms. The smallest absolute Gasteiger partial charge is 0.246 e. The molecule has 7 atom stereocenters. The summed E-state index contributed by atoms with van der Waals surface area (Å²) in [6, 6.07) is 7.71. The molecule has 0 radical (unpaired) electrons. The highest BCUT2D eigenvalue weighted by Gasteiger charge is 2.85. The van der Waals surface area contributed by atoms with E-state index >= 15 is 4.79 Å². The van der Waals surface area contributed by atoms with Crippen LogP contribution in [0.5, 0.6) is 17.2 Å². The normalized spacial score (nSPS) is 29.8. The number of aliphatic imine (C=N–C) groups is 1. The van der Waals surface area contributed by atoms with Crippen molar-refractivity contribution in [3.8, 4) is 17.2 Å². The predicted octanol–water partition coefficient (Wildman–Crippen LogP) is 7.72. The summed E-state index contributed by atoms with van der Waals surface area (Å²) in [5.41, 5.74) is 3.75. The molecule has 11 rings (SSSR count). The first-order valence-corrected chi connectivity index (χ1v) is 24.5. The second kappa shape index (κ2) is 16.9. The van der Waals surface area contributed by atoms with E-state index in [1.54, 1.807) is 6.92 Å². The van der Waals surface area contributed by atoms with Gasteiger partial charge in [0.15, 0.2) is 17.0 Å².